The van der Waals surface area contributed by atoms with Crippen molar-refractivity contribution in [2.24, 2.45) is 0 Å². The number of thiocarbonyl (C=S) groups is 1. The molecule has 3 N–H and O–H groups in total. The van der Waals surface area contributed by atoms with Crippen LogP contribution in [0.3, 0.4) is 0 Å². The van der Waals surface area contributed by atoms with E-state index in [1.807, 2.05) is 24.3 Å². The molecule has 1 heterocycles. The van der Waals surface area contributed by atoms with E-state index >= 15 is 0 Å². The number of nitrogens with zero attached hydrogens (tertiary/aromatic N) is 1. The highest BCUT2D eigenvalue weighted by molar-refractivity contribution is 9.10. The number of ether oxygens (including phenoxy) is 1. The normalized spacial score (nSPS) is 21.1. The summed E-state index contributed by atoms with van der Waals surface area (Å²) in [5, 5.41) is 3.35. The molecule has 132 valence electrons. The summed E-state index contributed by atoms with van der Waals surface area (Å²) in [7, 11) is 0. The van der Waals surface area contributed by atoms with Crippen molar-refractivity contribution in [2.75, 3.05) is 25.0 Å². The number of anilines is 1. The summed E-state index contributed by atoms with van der Waals surface area (Å²) in [4.78, 5) is 14.2. The lowest BCUT2D eigenvalue weighted by molar-refractivity contribution is -0.123. The summed E-state index contributed by atoms with van der Waals surface area (Å²) in [5.74, 6) is -0.0970. The minimum absolute atomic E-state index is 0.0970. The molecule has 0 aliphatic carbocycles. The fraction of sp³-hybridized carbons (Fsp3) is 0.500. The highest BCUT2D eigenvalue weighted by Gasteiger charge is 2.22. The SMILES string of the molecule is C[C@@H]1CN(CCC(=O)NNC(=S)Nc2cccc(Br)c2)C[C@H](C)O1. The largest absolute Gasteiger partial charge is 0.373 e. The van der Waals surface area contributed by atoms with Crippen molar-refractivity contribution >= 4 is 44.9 Å². The fourth-order valence-electron chi connectivity index (χ4n) is 2.64. The Hall–Kier alpha value is -1.22. The molecule has 8 heteroatoms. The van der Waals surface area contributed by atoms with Gasteiger partial charge in [0.15, 0.2) is 5.11 Å². The third-order valence-corrected chi connectivity index (χ3v) is 4.25. The van der Waals surface area contributed by atoms with Gasteiger partial charge in [-0.3, -0.25) is 20.5 Å². The third kappa shape index (κ3) is 6.72. The van der Waals surface area contributed by atoms with Gasteiger partial charge in [0.2, 0.25) is 5.91 Å². The smallest absolute Gasteiger partial charge is 0.239 e. The van der Waals surface area contributed by atoms with Crippen LogP contribution in [0.2, 0.25) is 0 Å². The van der Waals surface area contributed by atoms with E-state index in [9.17, 15) is 4.79 Å². The van der Waals surface area contributed by atoms with Crippen LogP contribution in [-0.2, 0) is 9.53 Å². The lowest BCUT2D eigenvalue weighted by Gasteiger charge is -2.35. The number of benzene rings is 1. The average Bonchev–Trinajstić information content (AvgIpc) is 2.50. The Balaban J connectivity index is 1.66. The number of carbonyl (C=O) groups is 1. The second-order valence-electron chi connectivity index (χ2n) is 5.90. The Labute approximate surface area is 156 Å². The first-order chi connectivity index (χ1) is 11.4. The first-order valence-electron chi connectivity index (χ1n) is 7.91. The van der Waals surface area contributed by atoms with Gasteiger partial charge in [0.25, 0.3) is 0 Å². The number of nitrogens with one attached hydrogen (secondary N) is 3. The molecule has 1 aromatic rings. The highest BCUT2D eigenvalue weighted by Crippen LogP contribution is 2.15. The van der Waals surface area contributed by atoms with Gasteiger partial charge in [-0.1, -0.05) is 22.0 Å². The Morgan fingerprint density at radius 2 is 2.04 bits per heavy atom. The van der Waals surface area contributed by atoms with E-state index in [-0.39, 0.29) is 18.1 Å². The molecule has 1 saturated heterocycles. The predicted molar refractivity (Wildman–Crippen MR) is 103 cm³/mol. The summed E-state index contributed by atoms with van der Waals surface area (Å²) in [6, 6.07) is 7.62. The average molecular weight is 415 g/mol. The van der Waals surface area contributed by atoms with Crippen LogP contribution in [0.4, 0.5) is 5.69 Å². The minimum Gasteiger partial charge on any atom is -0.373 e. The van der Waals surface area contributed by atoms with E-state index < -0.39 is 0 Å². The molecule has 0 spiro atoms. The number of amides is 1. The maximum atomic E-state index is 11.9. The molecular formula is C16H23BrN4O2S. The van der Waals surface area contributed by atoms with Crippen molar-refractivity contribution in [3.05, 3.63) is 28.7 Å². The van der Waals surface area contributed by atoms with Crippen LogP contribution in [0.5, 0.6) is 0 Å². The van der Waals surface area contributed by atoms with Crippen LogP contribution in [0.25, 0.3) is 0 Å². The summed E-state index contributed by atoms with van der Waals surface area (Å²) in [6.07, 6.45) is 0.820. The molecule has 1 aliphatic rings. The zero-order valence-corrected chi connectivity index (χ0v) is 16.2. The summed E-state index contributed by atoms with van der Waals surface area (Å²) in [5.41, 5.74) is 6.18. The van der Waals surface area contributed by atoms with Crippen molar-refractivity contribution in [3.8, 4) is 0 Å². The number of hydrogen-bond acceptors (Lipinski definition) is 4. The second-order valence-corrected chi connectivity index (χ2v) is 7.23. The third-order valence-electron chi connectivity index (χ3n) is 3.55. The number of carbonyl (C=O) groups excluding carboxylic acids is 1. The van der Waals surface area contributed by atoms with Crippen LogP contribution in [-0.4, -0.2) is 47.8 Å². The van der Waals surface area contributed by atoms with Crippen molar-refractivity contribution in [1.82, 2.24) is 15.8 Å². The Kier molecular flexibility index (Phi) is 7.41. The molecule has 0 saturated carbocycles. The lowest BCUT2D eigenvalue weighted by Crippen LogP contribution is -2.48. The van der Waals surface area contributed by atoms with E-state index in [1.165, 1.54) is 0 Å². The highest BCUT2D eigenvalue weighted by atomic mass is 79.9. The van der Waals surface area contributed by atoms with Crippen molar-refractivity contribution < 1.29 is 9.53 Å². The van der Waals surface area contributed by atoms with Crippen LogP contribution in [0, 0.1) is 0 Å². The van der Waals surface area contributed by atoms with Crippen molar-refractivity contribution in [1.29, 1.82) is 0 Å². The predicted octanol–water partition coefficient (Wildman–Crippen LogP) is 2.27. The molecule has 0 radical (unpaired) electrons. The molecule has 24 heavy (non-hydrogen) atoms. The molecular weight excluding hydrogens is 392 g/mol. The molecule has 1 fully saturated rings. The van der Waals surface area contributed by atoms with E-state index in [1.54, 1.807) is 0 Å². The Bertz CT molecular complexity index is 577. The minimum atomic E-state index is -0.0970. The number of rotatable bonds is 4. The number of halogens is 1. The van der Waals surface area contributed by atoms with Crippen LogP contribution < -0.4 is 16.2 Å². The second kappa shape index (κ2) is 9.31. The van der Waals surface area contributed by atoms with Crippen LogP contribution in [0.1, 0.15) is 20.3 Å². The molecule has 0 unspecified atom stereocenters. The monoisotopic (exact) mass is 414 g/mol. The van der Waals surface area contributed by atoms with Gasteiger partial charge in [-0.15, -0.1) is 0 Å². The van der Waals surface area contributed by atoms with Gasteiger partial charge in [-0.2, -0.15) is 0 Å². The Morgan fingerprint density at radius 1 is 1.33 bits per heavy atom. The zero-order chi connectivity index (χ0) is 17.5. The molecule has 1 aromatic carbocycles. The molecule has 1 amide bonds. The van der Waals surface area contributed by atoms with Gasteiger partial charge in [0.05, 0.1) is 12.2 Å². The van der Waals surface area contributed by atoms with Crippen molar-refractivity contribution in [2.45, 2.75) is 32.5 Å². The maximum absolute atomic E-state index is 11.9. The van der Waals surface area contributed by atoms with Crippen LogP contribution >= 0.6 is 28.1 Å². The first kappa shape index (κ1) is 19.1. The van der Waals surface area contributed by atoms with Gasteiger partial charge in [-0.05, 0) is 44.3 Å². The number of morpholine rings is 1. The van der Waals surface area contributed by atoms with Crippen molar-refractivity contribution in [3.63, 3.8) is 0 Å². The molecule has 6 nitrogen and oxygen atoms in total. The summed E-state index contributed by atoms with van der Waals surface area (Å²) < 4.78 is 6.64. The molecule has 2 rings (SSSR count). The zero-order valence-electron chi connectivity index (χ0n) is 13.8. The molecule has 1 aliphatic heterocycles. The topological polar surface area (TPSA) is 65.6 Å². The van der Waals surface area contributed by atoms with Gasteiger partial charge in [-0.25, -0.2) is 0 Å². The maximum Gasteiger partial charge on any atom is 0.239 e. The fourth-order valence-corrected chi connectivity index (χ4v) is 3.21. The molecule has 0 aromatic heterocycles. The first-order valence-corrected chi connectivity index (χ1v) is 9.11. The van der Waals surface area contributed by atoms with Gasteiger partial charge >= 0.3 is 0 Å². The number of hydrogen-bond donors (Lipinski definition) is 3. The summed E-state index contributed by atoms with van der Waals surface area (Å²) in [6.45, 7) is 6.52. The van der Waals surface area contributed by atoms with E-state index in [0.717, 1.165) is 23.2 Å². The van der Waals surface area contributed by atoms with Crippen LogP contribution in [0.15, 0.2) is 28.7 Å². The van der Waals surface area contributed by atoms with Gasteiger partial charge in [0.1, 0.15) is 0 Å². The van der Waals surface area contributed by atoms with E-state index in [2.05, 4.69) is 50.8 Å². The van der Waals surface area contributed by atoms with Gasteiger partial charge < -0.3 is 10.1 Å². The Morgan fingerprint density at radius 3 is 2.71 bits per heavy atom. The quantitative estimate of drug-likeness (QED) is 0.518. The van der Waals surface area contributed by atoms with E-state index in [4.69, 9.17) is 17.0 Å². The number of hydrazine groups is 1. The van der Waals surface area contributed by atoms with E-state index in [0.29, 0.717) is 18.1 Å². The lowest BCUT2D eigenvalue weighted by atomic mass is 10.2. The standard InChI is InChI=1S/C16H23BrN4O2S/c1-11-9-21(10-12(2)23-11)7-6-15(22)19-20-16(24)18-14-5-3-4-13(17)8-14/h3-5,8,11-12H,6-7,9-10H2,1-2H3,(H,19,22)(H2,18,20,24)/t11-,12+. The molecule has 2 atom stereocenters. The van der Waals surface area contributed by atoms with Gasteiger partial charge in [0, 0.05) is 36.2 Å². The summed E-state index contributed by atoms with van der Waals surface area (Å²) >= 11 is 8.55. The molecule has 0 bridgehead atoms.